The molecule has 0 saturated carbocycles. The first-order valence-electron chi connectivity index (χ1n) is 4.88. The molecule has 0 saturated heterocycles. The summed E-state index contributed by atoms with van der Waals surface area (Å²) in [6, 6.07) is 6.05. The van der Waals surface area contributed by atoms with E-state index < -0.39 is 11.7 Å². The number of halogens is 4. The van der Waals surface area contributed by atoms with E-state index in [9.17, 15) is 13.2 Å². The van der Waals surface area contributed by atoms with Gasteiger partial charge in [0.25, 0.3) is 0 Å². The Morgan fingerprint density at radius 3 is 2.28 bits per heavy atom. The number of alkyl halides is 3. The molecule has 1 N–H and O–H groups in total. The summed E-state index contributed by atoms with van der Waals surface area (Å²) in [6.07, 6.45) is -2.90. The Morgan fingerprint density at radius 2 is 1.72 bits per heavy atom. The number of aromatic nitrogens is 2. The van der Waals surface area contributed by atoms with Gasteiger partial charge in [0.2, 0.25) is 5.95 Å². The molecule has 18 heavy (non-hydrogen) atoms. The molecule has 0 radical (unpaired) electrons. The summed E-state index contributed by atoms with van der Waals surface area (Å²) in [5.74, 6) is 0.224. The summed E-state index contributed by atoms with van der Waals surface area (Å²) in [5.41, 5.74) is -0.259. The van der Waals surface area contributed by atoms with Gasteiger partial charge in [-0.15, -0.1) is 0 Å². The lowest BCUT2D eigenvalue weighted by molar-refractivity contribution is -0.137. The Labute approximate surface area is 106 Å². The van der Waals surface area contributed by atoms with Gasteiger partial charge in [-0.25, -0.2) is 9.97 Å². The zero-order valence-electron chi connectivity index (χ0n) is 8.87. The molecule has 1 heterocycles. The fraction of sp³-hybridized carbons (Fsp3) is 0.0909. The van der Waals surface area contributed by atoms with Gasteiger partial charge < -0.3 is 5.32 Å². The monoisotopic (exact) mass is 273 g/mol. The first-order chi connectivity index (χ1) is 8.45. The minimum absolute atomic E-state index is 0.224. The molecule has 0 spiro atoms. The van der Waals surface area contributed by atoms with Crippen molar-refractivity contribution < 1.29 is 13.2 Å². The van der Waals surface area contributed by atoms with E-state index in [2.05, 4.69) is 15.3 Å². The van der Waals surface area contributed by atoms with E-state index in [-0.39, 0.29) is 11.1 Å². The summed E-state index contributed by atoms with van der Waals surface area (Å²) in [4.78, 5) is 7.74. The lowest BCUT2D eigenvalue weighted by Gasteiger charge is -2.08. The Kier molecular flexibility index (Phi) is 3.38. The van der Waals surface area contributed by atoms with Crippen molar-refractivity contribution in [2.24, 2.45) is 0 Å². The third kappa shape index (κ3) is 3.10. The van der Waals surface area contributed by atoms with Crippen LogP contribution in [0.25, 0.3) is 0 Å². The molecular formula is C11H7ClF3N3. The van der Waals surface area contributed by atoms with Crippen molar-refractivity contribution in [3.8, 4) is 0 Å². The molecule has 0 atom stereocenters. The van der Waals surface area contributed by atoms with E-state index in [4.69, 9.17) is 11.6 Å². The number of hydrogen-bond acceptors (Lipinski definition) is 3. The van der Waals surface area contributed by atoms with Crippen molar-refractivity contribution in [3.05, 3.63) is 47.2 Å². The minimum atomic E-state index is -4.34. The van der Waals surface area contributed by atoms with Crippen LogP contribution in [0.15, 0.2) is 36.5 Å². The van der Waals surface area contributed by atoms with Crippen LogP contribution in [0, 0.1) is 0 Å². The summed E-state index contributed by atoms with van der Waals surface area (Å²) < 4.78 is 37.0. The molecule has 0 aliphatic carbocycles. The topological polar surface area (TPSA) is 37.8 Å². The van der Waals surface area contributed by atoms with Gasteiger partial charge in [0.15, 0.2) is 0 Å². The van der Waals surface area contributed by atoms with Crippen LogP contribution < -0.4 is 5.32 Å². The van der Waals surface area contributed by atoms with Crippen molar-refractivity contribution in [1.82, 2.24) is 9.97 Å². The summed E-state index contributed by atoms with van der Waals surface area (Å²) >= 11 is 5.66. The maximum absolute atomic E-state index is 12.3. The van der Waals surface area contributed by atoms with Crippen molar-refractivity contribution in [2.45, 2.75) is 6.18 Å². The SMILES string of the molecule is FC(F)(F)c1ccc(Nc2nccc(Cl)n2)cc1. The molecule has 0 aliphatic rings. The van der Waals surface area contributed by atoms with Crippen LogP contribution in [-0.2, 0) is 6.18 Å². The maximum atomic E-state index is 12.3. The second-order valence-corrected chi connectivity index (χ2v) is 3.79. The van der Waals surface area contributed by atoms with Gasteiger partial charge in [0.05, 0.1) is 5.56 Å². The van der Waals surface area contributed by atoms with E-state index >= 15 is 0 Å². The van der Waals surface area contributed by atoms with Gasteiger partial charge in [-0.2, -0.15) is 13.2 Å². The number of benzene rings is 1. The van der Waals surface area contributed by atoms with Crippen LogP contribution in [-0.4, -0.2) is 9.97 Å². The highest BCUT2D eigenvalue weighted by Crippen LogP contribution is 2.30. The average Bonchev–Trinajstić information content (AvgIpc) is 2.28. The summed E-state index contributed by atoms with van der Waals surface area (Å²) in [7, 11) is 0. The molecule has 0 fully saturated rings. The van der Waals surface area contributed by atoms with E-state index in [0.717, 1.165) is 12.1 Å². The molecule has 94 valence electrons. The lowest BCUT2D eigenvalue weighted by Crippen LogP contribution is -2.04. The highest BCUT2D eigenvalue weighted by molar-refractivity contribution is 6.29. The number of anilines is 2. The average molecular weight is 274 g/mol. The molecule has 0 amide bonds. The minimum Gasteiger partial charge on any atom is -0.324 e. The molecule has 0 aliphatic heterocycles. The molecule has 0 bridgehead atoms. The Balaban J connectivity index is 2.16. The van der Waals surface area contributed by atoms with Gasteiger partial charge in [0, 0.05) is 11.9 Å². The smallest absolute Gasteiger partial charge is 0.324 e. The number of hydrogen-bond donors (Lipinski definition) is 1. The first kappa shape index (κ1) is 12.6. The lowest BCUT2D eigenvalue weighted by atomic mass is 10.2. The second kappa shape index (κ2) is 4.81. The fourth-order valence-corrected chi connectivity index (χ4v) is 1.40. The molecular weight excluding hydrogens is 267 g/mol. The Hall–Kier alpha value is -1.82. The van der Waals surface area contributed by atoms with Crippen molar-refractivity contribution in [3.63, 3.8) is 0 Å². The van der Waals surface area contributed by atoms with Gasteiger partial charge in [0.1, 0.15) is 5.15 Å². The normalized spacial score (nSPS) is 11.3. The fourth-order valence-electron chi connectivity index (χ4n) is 1.27. The number of rotatable bonds is 2. The molecule has 2 rings (SSSR count). The Bertz CT molecular complexity index is 540. The summed E-state index contributed by atoms with van der Waals surface area (Å²) in [5, 5.41) is 3.00. The molecule has 3 nitrogen and oxygen atoms in total. The maximum Gasteiger partial charge on any atom is 0.416 e. The number of nitrogens with zero attached hydrogens (tertiary/aromatic N) is 2. The molecule has 2 aromatic rings. The number of nitrogens with one attached hydrogen (secondary N) is 1. The highest BCUT2D eigenvalue weighted by Gasteiger charge is 2.29. The van der Waals surface area contributed by atoms with Gasteiger partial charge in [-0.05, 0) is 30.3 Å². The van der Waals surface area contributed by atoms with Crippen LogP contribution in [0.5, 0.6) is 0 Å². The van der Waals surface area contributed by atoms with Crippen molar-refractivity contribution >= 4 is 23.2 Å². The zero-order chi connectivity index (χ0) is 13.2. The summed E-state index contributed by atoms with van der Waals surface area (Å²) in [6.45, 7) is 0. The Morgan fingerprint density at radius 1 is 1.06 bits per heavy atom. The molecule has 1 aromatic heterocycles. The third-order valence-corrected chi connectivity index (χ3v) is 2.30. The zero-order valence-corrected chi connectivity index (χ0v) is 9.63. The van der Waals surface area contributed by atoms with Crippen molar-refractivity contribution in [2.75, 3.05) is 5.32 Å². The van der Waals surface area contributed by atoms with Crippen LogP contribution in [0.1, 0.15) is 5.56 Å². The van der Waals surface area contributed by atoms with Gasteiger partial charge >= 0.3 is 6.18 Å². The first-order valence-corrected chi connectivity index (χ1v) is 5.26. The molecule has 7 heteroatoms. The largest absolute Gasteiger partial charge is 0.416 e. The van der Waals surface area contributed by atoms with E-state index in [0.29, 0.717) is 5.69 Å². The van der Waals surface area contributed by atoms with Crippen LogP contribution >= 0.6 is 11.6 Å². The second-order valence-electron chi connectivity index (χ2n) is 3.40. The standard InChI is InChI=1S/C11H7ClF3N3/c12-9-5-6-16-10(18-9)17-8-3-1-7(2-4-8)11(13,14)15/h1-6H,(H,16,17,18). The van der Waals surface area contributed by atoms with Gasteiger partial charge in [-0.1, -0.05) is 11.6 Å². The van der Waals surface area contributed by atoms with E-state index in [1.54, 1.807) is 0 Å². The van der Waals surface area contributed by atoms with Crippen LogP contribution in [0.2, 0.25) is 5.15 Å². The van der Waals surface area contributed by atoms with E-state index in [1.807, 2.05) is 0 Å². The molecule has 0 unspecified atom stereocenters. The van der Waals surface area contributed by atoms with Crippen LogP contribution in [0.4, 0.5) is 24.8 Å². The van der Waals surface area contributed by atoms with E-state index in [1.165, 1.54) is 24.4 Å². The highest BCUT2D eigenvalue weighted by atomic mass is 35.5. The quantitative estimate of drug-likeness (QED) is 0.844. The molecule has 1 aromatic carbocycles. The van der Waals surface area contributed by atoms with Crippen molar-refractivity contribution in [1.29, 1.82) is 0 Å². The predicted molar refractivity (Wildman–Crippen MR) is 61.8 cm³/mol. The van der Waals surface area contributed by atoms with Gasteiger partial charge in [-0.3, -0.25) is 0 Å². The predicted octanol–water partition coefficient (Wildman–Crippen LogP) is 3.89. The third-order valence-electron chi connectivity index (χ3n) is 2.09. The van der Waals surface area contributed by atoms with Crippen LogP contribution in [0.3, 0.4) is 0 Å².